The van der Waals surface area contributed by atoms with Crippen molar-refractivity contribution in [2.45, 2.75) is 13.0 Å². The van der Waals surface area contributed by atoms with Crippen LogP contribution in [0.1, 0.15) is 5.56 Å². The second-order valence-electron chi connectivity index (χ2n) is 5.90. The first kappa shape index (κ1) is 18.4. The molecule has 0 saturated heterocycles. The van der Waals surface area contributed by atoms with Crippen LogP contribution in [0.5, 0.6) is 0 Å². The van der Waals surface area contributed by atoms with E-state index in [0.717, 1.165) is 0 Å². The van der Waals surface area contributed by atoms with Gasteiger partial charge in [-0.25, -0.2) is 13.5 Å². The number of rotatable bonds is 6. The predicted octanol–water partition coefficient (Wildman–Crippen LogP) is 2.55. The topological polar surface area (TPSA) is 64.0 Å². The van der Waals surface area contributed by atoms with E-state index < -0.39 is 5.82 Å². The molecular formula is C20H17F2N3O2. The van der Waals surface area contributed by atoms with Gasteiger partial charge in [0.05, 0.1) is 18.7 Å². The Morgan fingerprint density at radius 2 is 1.74 bits per heavy atom. The Hall–Kier alpha value is -3.35. The highest BCUT2D eigenvalue weighted by atomic mass is 19.1. The Morgan fingerprint density at radius 3 is 2.48 bits per heavy atom. The van der Waals surface area contributed by atoms with Crippen molar-refractivity contribution in [3.05, 3.63) is 88.2 Å². The van der Waals surface area contributed by atoms with Gasteiger partial charge in [-0.05, 0) is 42.0 Å². The van der Waals surface area contributed by atoms with Crippen LogP contribution in [0.3, 0.4) is 0 Å². The van der Waals surface area contributed by atoms with Gasteiger partial charge in [-0.3, -0.25) is 9.59 Å². The minimum Gasteiger partial charge on any atom is -0.354 e. The number of amides is 1. The van der Waals surface area contributed by atoms with Crippen molar-refractivity contribution in [2.75, 3.05) is 6.54 Å². The summed E-state index contributed by atoms with van der Waals surface area (Å²) in [6.45, 7) is 0.337. The highest BCUT2D eigenvalue weighted by molar-refractivity contribution is 5.78. The molecule has 1 amide bonds. The summed E-state index contributed by atoms with van der Waals surface area (Å²) in [4.78, 5) is 23.9. The van der Waals surface area contributed by atoms with Gasteiger partial charge in [0.1, 0.15) is 11.6 Å². The molecule has 1 heterocycles. The predicted molar refractivity (Wildman–Crippen MR) is 97.0 cm³/mol. The number of hydrogen-bond acceptors (Lipinski definition) is 3. The highest BCUT2D eigenvalue weighted by Gasteiger charge is 2.08. The lowest BCUT2D eigenvalue weighted by Gasteiger charge is -2.09. The zero-order valence-electron chi connectivity index (χ0n) is 14.4. The molecule has 3 rings (SSSR count). The fourth-order valence-electron chi connectivity index (χ4n) is 2.56. The number of aromatic nitrogens is 2. The lowest BCUT2D eigenvalue weighted by atomic mass is 10.1. The van der Waals surface area contributed by atoms with E-state index in [4.69, 9.17) is 0 Å². The van der Waals surface area contributed by atoms with Crippen LogP contribution >= 0.6 is 0 Å². The van der Waals surface area contributed by atoms with Gasteiger partial charge in [0.25, 0.3) is 5.56 Å². The molecule has 1 aromatic heterocycles. The SMILES string of the molecule is O=C(Cc1ccccc1F)NCCn1nc(-c2ccc(F)cc2)ccc1=O. The van der Waals surface area contributed by atoms with E-state index in [1.54, 1.807) is 36.4 Å². The zero-order chi connectivity index (χ0) is 19.2. The monoisotopic (exact) mass is 369 g/mol. The second kappa shape index (κ2) is 8.35. The standard InChI is InChI=1S/C20H17F2N3O2/c21-16-7-5-14(6-8-16)18-9-10-20(27)25(24-18)12-11-23-19(26)13-15-3-1-2-4-17(15)22/h1-10H,11-13H2,(H,23,26). The molecule has 7 heteroatoms. The van der Waals surface area contributed by atoms with Crippen LogP contribution in [0, 0.1) is 11.6 Å². The third-order valence-corrected chi connectivity index (χ3v) is 3.96. The quantitative estimate of drug-likeness (QED) is 0.726. The van der Waals surface area contributed by atoms with Crippen molar-refractivity contribution in [1.29, 1.82) is 0 Å². The van der Waals surface area contributed by atoms with Gasteiger partial charge in [-0.1, -0.05) is 18.2 Å². The molecule has 138 valence electrons. The summed E-state index contributed by atoms with van der Waals surface area (Å²) in [5.74, 6) is -1.13. The molecule has 27 heavy (non-hydrogen) atoms. The maximum Gasteiger partial charge on any atom is 0.266 e. The number of carbonyl (C=O) groups is 1. The van der Waals surface area contributed by atoms with Gasteiger partial charge < -0.3 is 5.32 Å². The van der Waals surface area contributed by atoms with Crippen molar-refractivity contribution < 1.29 is 13.6 Å². The minimum atomic E-state index is -0.433. The molecule has 0 spiro atoms. The average Bonchev–Trinajstić information content (AvgIpc) is 2.66. The van der Waals surface area contributed by atoms with E-state index in [9.17, 15) is 18.4 Å². The molecule has 0 aliphatic heterocycles. The first-order chi connectivity index (χ1) is 13.0. The van der Waals surface area contributed by atoms with Gasteiger partial charge in [0.15, 0.2) is 0 Å². The summed E-state index contributed by atoms with van der Waals surface area (Å²) in [7, 11) is 0. The largest absolute Gasteiger partial charge is 0.354 e. The van der Waals surface area contributed by atoms with Crippen LogP contribution in [-0.2, 0) is 17.8 Å². The van der Waals surface area contributed by atoms with Crippen molar-refractivity contribution in [2.24, 2.45) is 0 Å². The van der Waals surface area contributed by atoms with Gasteiger partial charge in [0, 0.05) is 18.2 Å². The number of hydrogen-bond donors (Lipinski definition) is 1. The van der Waals surface area contributed by atoms with E-state index in [0.29, 0.717) is 16.8 Å². The van der Waals surface area contributed by atoms with Gasteiger partial charge >= 0.3 is 0 Å². The van der Waals surface area contributed by atoms with E-state index in [-0.39, 0.29) is 36.8 Å². The number of carbonyl (C=O) groups excluding carboxylic acids is 1. The number of halogens is 2. The lowest BCUT2D eigenvalue weighted by Crippen LogP contribution is -2.32. The van der Waals surface area contributed by atoms with Crippen molar-refractivity contribution in [3.8, 4) is 11.3 Å². The summed E-state index contributed by atoms with van der Waals surface area (Å²) in [5, 5.41) is 6.88. The van der Waals surface area contributed by atoms with Gasteiger partial charge in [-0.2, -0.15) is 5.10 Å². The number of benzene rings is 2. The van der Waals surface area contributed by atoms with Crippen molar-refractivity contribution in [3.63, 3.8) is 0 Å². The van der Waals surface area contributed by atoms with Crippen LogP contribution in [0.2, 0.25) is 0 Å². The maximum absolute atomic E-state index is 13.6. The summed E-state index contributed by atoms with van der Waals surface area (Å²) in [6, 6.07) is 14.8. The maximum atomic E-state index is 13.6. The Kier molecular flexibility index (Phi) is 5.71. The first-order valence-corrected chi connectivity index (χ1v) is 8.37. The van der Waals surface area contributed by atoms with E-state index in [1.807, 2.05) is 0 Å². The zero-order valence-corrected chi connectivity index (χ0v) is 14.4. The van der Waals surface area contributed by atoms with Crippen LogP contribution < -0.4 is 10.9 Å². The fraction of sp³-hybridized carbons (Fsp3) is 0.150. The van der Waals surface area contributed by atoms with E-state index >= 15 is 0 Å². The molecule has 0 fully saturated rings. The molecule has 0 atom stereocenters. The van der Waals surface area contributed by atoms with Crippen LogP contribution in [0.15, 0.2) is 65.5 Å². The minimum absolute atomic E-state index is 0.0788. The molecule has 5 nitrogen and oxygen atoms in total. The molecule has 0 bridgehead atoms. The van der Waals surface area contributed by atoms with Gasteiger partial charge in [-0.15, -0.1) is 0 Å². The summed E-state index contributed by atoms with van der Waals surface area (Å²) >= 11 is 0. The summed E-state index contributed by atoms with van der Waals surface area (Å²) in [6.07, 6.45) is -0.0788. The van der Waals surface area contributed by atoms with Crippen LogP contribution in [0.4, 0.5) is 8.78 Å². The Balaban J connectivity index is 1.61. The summed E-state index contributed by atoms with van der Waals surface area (Å²) in [5.41, 5.74) is 1.19. The van der Waals surface area contributed by atoms with Crippen molar-refractivity contribution in [1.82, 2.24) is 15.1 Å². The molecule has 0 aliphatic rings. The molecule has 0 saturated carbocycles. The Morgan fingerprint density at radius 1 is 1.00 bits per heavy atom. The third-order valence-electron chi connectivity index (χ3n) is 3.96. The van der Waals surface area contributed by atoms with Gasteiger partial charge in [0.2, 0.25) is 5.91 Å². The molecule has 3 aromatic rings. The Labute approximate surface area is 154 Å². The molecule has 0 radical (unpaired) electrons. The van der Waals surface area contributed by atoms with Crippen LogP contribution in [-0.4, -0.2) is 22.2 Å². The average molecular weight is 369 g/mol. The number of nitrogens with one attached hydrogen (secondary N) is 1. The molecule has 0 aliphatic carbocycles. The fourth-order valence-corrected chi connectivity index (χ4v) is 2.56. The third kappa shape index (κ3) is 4.84. The Bertz CT molecular complexity index is 1000. The van der Waals surface area contributed by atoms with E-state index in [2.05, 4.69) is 10.4 Å². The lowest BCUT2D eigenvalue weighted by molar-refractivity contribution is -0.120. The smallest absolute Gasteiger partial charge is 0.266 e. The van der Waals surface area contributed by atoms with E-state index in [1.165, 1.54) is 28.9 Å². The molecule has 1 N–H and O–H groups in total. The summed E-state index contributed by atoms with van der Waals surface area (Å²) < 4.78 is 27.8. The molecular weight excluding hydrogens is 352 g/mol. The first-order valence-electron chi connectivity index (χ1n) is 8.37. The highest BCUT2D eigenvalue weighted by Crippen LogP contribution is 2.15. The normalized spacial score (nSPS) is 10.6. The van der Waals surface area contributed by atoms with Crippen molar-refractivity contribution >= 4 is 5.91 Å². The molecule has 0 unspecified atom stereocenters. The second-order valence-corrected chi connectivity index (χ2v) is 5.90. The van der Waals surface area contributed by atoms with Crippen LogP contribution in [0.25, 0.3) is 11.3 Å². The number of nitrogens with zero attached hydrogens (tertiary/aromatic N) is 2. The molecule has 2 aromatic carbocycles.